The Morgan fingerprint density at radius 1 is 1.38 bits per heavy atom. The smallest absolute Gasteiger partial charge is 0.220 e. The van der Waals surface area contributed by atoms with Gasteiger partial charge in [0.2, 0.25) is 5.91 Å². The number of aryl methyl sites for hydroxylation is 1. The zero-order valence-corrected chi connectivity index (χ0v) is 14.4. The van der Waals surface area contributed by atoms with Crippen LogP contribution in [0.25, 0.3) is 0 Å². The number of hydrogen-bond donors (Lipinski definition) is 1. The van der Waals surface area contributed by atoms with Crippen molar-refractivity contribution in [2.45, 2.75) is 13.3 Å². The molecule has 3 heterocycles. The van der Waals surface area contributed by atoms with Crippen LogP contribution in [-0.4, -0.2) is 62.7 Å². The van der Waals surface area contributed by atoms with Crippen LogP contribution < -0.4 is 10.2 Å². The molecule has 1 N–H and O–H groups in total. The Kier molecular flexibility index (Phi) is 5.63. The number of carbonyl (C=O) groups is 1. The van der Waals surface area contributed by atoms with Crippen LogP contribution in [-0.2, 0) is 14.3 Å². The number of nitrogens with one attached hydrogen (secondary N) is 1. The topological polar surface area (TPSA) is 76.6 Å². The molecule has 1 aromatic heterocycles. The van der Waals surface area contributed by atoms with Crippen molar-refractivity contribution in [3.05, 3.63) is 17.8 Å². The predicted molar refractivity (Wildman–Crippen MR) is 89.8 cm³/mol. The Labute approximate surface area is 142 Å². The lowest BCUT2D eigenvalue weighted by Crippen LogP contribution is -2.38. The van der Waals surface area contributed by atoms with Gasteiger partial charge in [0, 0.05) is 39.1 Å². The number of methoxy groups -OCH3 is 1. The molecule has 1 aromatic rings. The fourth-order valence-electron chi connectivity index (χ4n) is 3.66. The molecular formula is C17H26N4O3. The molecule has 3 atom stereocenters. The van der Waals surface area contributed by atoms with E-state index < -0.39 is 0 Å². The maximum Gasteiger partial charge on any atom is 0.220 e. The first kappa shape index (κ1) is 17.1. The van der Waals surface area contributed by atoms with Crippen LogP contribution in [0.4, 0.5) is 5.82 Å². The first-order chi connectivity index (χ1) is 11.7. The van der Waals surface area contributed by atoms with Crippen LogP contribution in [0.3, 0.4) is 0 Å². The number of carbonyl (C=O) groups excluding carboxylic acids is 1. The van der Waals surface area contributed by atoms with E-state index in [0.717, 1.165) is 31.2 Å². The molecule has 132 valence electrons. The van der Waals surface area contributed by atoms with Gasteiger partial charge in [-0.25, -0.2) is 0 Å². The molecule has 7 heteroatoms. The molecule has 0 radical (unpaired) electrons. The number of anilines is 1. The van der Waals surface area contributed by atoms with Crippen LogP contribution in [0, 0.1) is 24.7 Å². The molecule has 3 rings (SSSR count). The summed E-state index contributed by atoms with van der Waals surface area (Å²) in [5.41, 5.74) is 0.921. The van der Waals surface area contributed by atoms with E-state index in [4.69, 9.17) is 9.47 Å². The average molecular weight is 334 g/mol. The van der Waals surface area contributed by atoms with Crippen molar-refractivity contribution in [2.24, 2.45) is 17.8 Å². The third-order valence-corrected chi connectivity index (χ3v) is 4.94. The van der Waals surface area contributed by atoms with Crippen LogP contribution in [0.5, 0.6) is 0 Å². The number of nitrogens with zero attached hydrogens (tertiary/aromatic N) is 3. The predicted octanol–water partition coefficient (Wildman–Crippen LogP) is 0.637. The van der Waals surface area contributed by atoms with Gasteiger partial charge in [-0.2, -0.15) is 5.10 Å². The summed E-state index contributed by atoms with van der Waals surface area (Å²) >= 11 is 0. The van der Waals surface area contributed by atoms with Crippen molar-refractivity contribution in [3.63, 3.8) is 0 Å². The highest BCUT2D eigenvalue weighted by molar-refractivity contribution is 5.76. The van der Waals surface area contributed by atoms with Gasteiger partial charge in [0.05, 0.1) is 25.5 Å². The first-order valence-corrected chi connectivity index (χ1v) is 8.56. The lowest BCUT2D eigenvalue weighted by atomic mass is 9.81. The molecule has 2 saturated heterocycles. The molecule has 7 nitrogen and oxygen atoms in total. The van der Waals surface area contributed by atoms with Crippen molar-refractivity contribution in [1.29, 1.82) is 0 Å². The second-order valence-corrected chi connectivity index (χ2v) is 6.71. The lowest BCUT2D eigenvalue weighted by molar-refractivity contribution is -0.124. The number of ether oxygens (including phenoxy) is 2. The summed E-state index contributed by atoms with van der Waals surface area (Å²) in [4.78, 5) is 14.4. The lowest BCUT2D eigenvalue weighted by Gasteiger charge is -2.32. The maximum absolute atomic E-state index is 12.1. The molecule has 0 aromatic carbocycles. The van der Waals surface area contributed by atoms with Crippen molar-refractivity contribution in [2.75, 3.05) is 51.5 Å². The van der Waals surface area contributed by atoms with E-state index in [0.29, 0.717) is 38.0 Å². The van der Waals surface area contributed by atoms with E-state index in [1.54, 1.807) is 7.11 Å². The highest BCUT2D eigenvalue weighted by Gasteiger charge is 2.42. The summed E-state index contributed by atoms with van der Waals surface area (Å²) in [6.45, 7) is 6.30. The molecular weight excluding hydrogens is 308 g/mol. The number of aromatic nitrogens is 2. The monoisotopic (exact) mass is 334 g/mol. The fourth-order valence-corrected chi connectivity index (χ4v) is 3.66. The molecule has 0 saturated carbocycles. The molecule has 1 amide bonds. The van der Waals surface area contributed by atoms with Gasteiger partial charge >= 0.3 is 0 Å². The van der Waals surface area contributed by atoms with E-state index in [-0.39, 0.29) is 11.8 Å². The van der Waals surface area contributed by atoms with Gasteiger partial charge in [0.1, 0.15) is 0 Å². The van der Waals surface area contributed by atoms with Gasteiger partial charge in [-0.3, -0.25) is 4.79 Å². The molecule has 2 aliphatic rings. The summed E-state index contributed by atoms with van der Waals surface area (Å²) in [5, 5.41) is 11.4. The quantitative estimate of drug-likeness (QED) is 0.769. The minimum atomic E-state index is 0.0786. The van der Waals surface area contributed by atoms with E-state index in [9.17, 15) is 4.79 Å². The zero-order chi connectivity index (χ0) is 16.9. The van der Waals surface area contributed by atoms with Gasteiger partial charge < -0.3 is 19.7 Å². The largest absolute Gasteiger partial charge is 0.383 e. The third-order valence-electron chi connectivity index (χ3n) is 4.94. The minimum absolute atomic E-state index is 0.0786. The molecule has 0 spiro atoms. The summed E-state index contributed by atoms with van der Waals surface area (Å²) in [6.07, 6.45) is 0.512. The summed E-state index contributed by atoms with van der Waals surface area (Å²) in [5.74, 6) is 2.18. The third kappa shape index (κ3) is 4.02. The Morgan fingerprint density at radius 3 is 3.00 bits per heavy atom. The second-order valence-electron chi connectivity index (χ2n) is 6.71. The van der Waals surface area contributed by atoms with Gasteiger partial charge in [-0.15, -0.1) is 5.10 Å². The average Bonchev–Trinajstić information content (AvgIpc) is 3.01. The Bertz CT molecular complexity index is 551. The maximum atomic E-state index is 12.1. The Balaban J connectivity index is 1.58. The highest BCUT2D eigenvalue weighted by Crippen LogP contribution is 2.37. The Hall–Kier alpha value is -1.73. The SMILES string of the molecule is COCCNC(=O)C[C@@H]1COC[C@H]2CN(c3ccc(C)nn3)C[C@@H]12. The first-order valence-electron chi connectivity index (χ1n) is 8.56. The van der Waals surface area contributed by atoms with Gasteiger partial charge in [-0.1, -0.05) is 0 Å². The number of amides is 1. The van der Waals surface area contributed by atoms with Crippen molar-refractivity contribution in [3.8, 4) is 0 Å². The van der Waals surface area contributed by atoms with Gasteiger partial charge in [0.15, 0.2) is 5.82 Å². The normalized spacial score (nSPS) is 26.2. The van der Waals surface area contributed by atoms with Crippen LogP contribution in [0.15, 0.2) is 12.1 Å². The number of rotatable bonds is 6. The van der Waals surface area contributed by atoms with Crippen molar-refractivity contribution >= 4 is 11.7 Å². The second kappa shape index (κ2) is 7.90. The summed E-state index contributed by atoms with van der Waals surface area (Å²) < 4.78 is 10.7. The van der Waals surface area contributed by atoms with Gasteiger partial charge in [-0.05, 0) is 30.9 Å². The highest BCUT2D eigenvalue weighted by atomic mass is 16.5. The van der Waals surface area contributed by atoms with E-state index in [1.165, 1.54) is 0 Å². The van der Waals surface area contributed by atoms with Crippen LogP contribution in [0.2, 0.25) is 0 Å². The Morgan fingerprint density at radius 2 is 2.25 bits per heavy atom. The molecule has 0 unspecified atom stereocenters. The molecule has 2 aliphatic heterocycles. The van der Waals surface area contributed by atoms with E-state index in [1.807, 2.05) is 19.1 Å². The molecule has 2 fully saturated rings. The number of hydrogen-bond acceptors (Lipinski definition) is 6. The van der Waals surface area contributed by atoms with Gasteiger partial charge in [0.25, 0.3) is 0 Å². The fraction of sp³-hybridized carbons (Fsp3) is 0.706. The van der Waals surface area contributed by atoms with Crippen molar-refractivity contribution in [1.82, 2.24) is 15.5 Å². The molecule has 0 aliphatic carbocycles. The molecule has 0 bridgehead atoms. The van der Waals surface area contributed by atoms with Crippen LogP contribution in [0.1, 0.15) is 12.1 Å². The standard InChI is InChI=1S/C17H26N4O3/c1-12-3-4-16(20-19-12)21-8-14-11-24-10-13(15(14)9-21)7-17(22)18-5-6-23-2/h3-4,13-15H,5-11H2,1-2H3,(H,18,22)/t13-,14-,15+/m1/s1. The summed E-state index contributed by atoms with van der Waals surface area (Å²) in [7, 11) is 1.63. The zero-order valence-electron chi connectivity index (χ0n) is 14.4. The van der Waals surface area contributed by atoms with E-state index >= 15 is 0 Å². The molecule has 24 heavy (non-hydrogen) atoms. The van der Waals surface area contributed by atoms with Crippen molar-refractivity contribution < 1.29 is 14.3 Å². The minimum Gasteiger partial charge on any atom is -0.383 e. The summed E-state index contributed by atoms with van der Waals surface area (Å²) in [6, 6.07) is 4.01. The van der Waals surface area contributed by atoms with E-state index in [2.05, 4.69) is 20.4 Å². The number of fused-ring (bicyclic) bond motifs is 1. The van der Waals surface area contributed by atoms with Crippen LogP contribution >= 0.6 is 0 Å².